The molecule has 3 heteroatoms. The Morgan fingerprint density at radius 3 is 3.00 bits per heavy atom. The number of hydrogen-bond acceptors (Lipinski definition) is 3. The van der Waals surface area contributed by atoms with Gasteiger partial charge in [-0.05, 0) is 31.5 Å². The molecule has 0 saturated carbocycles. The highest BCUT2D eigenvalue weighted by Crippen LogP contribution is 2.32. The van der Waals surface area contributed by atoms with Crippen LogP contribution in [0.4, 0.5) is 5.69 Å². The van der Waals surface area contributed by atoms with Gasteiger partial charge in [0.05, 0.1) is 11.2 Å². The lowest BCUT2D eigenvalue weighted by Gasteiger charge is -2.33. The molecule has 0 spiro atoms. The molecule has 3 N–H and O–H groups in total. The normalized spacial score (nSPS) is 17.9. The van der Waals surface area contributed by atoms with Crippen LogP contribution in [0.3, 0.4) is 0 Å². The fourth-order valence-corrected chi connectivity index (χ4v) is 1.59. The second kappa shape index (κ2) is 3.17. The second-order valence-corrected chi connectivity index (χ2v) is 4.33. The number of benzene rings is 1. The van der Waals surface area contributed by atoms with E-state index < -0.39 is 0 Å². The van der Waals surface area contributed by atoms with Gasteiger partial charge in [-0.1, -0.05) is 6.07 Å². The molecule has 1 heterocycles. The van der Waals surface area contributed by atoms with Gasteiger partial charge in [0.1, 0.15) is 12.4 Å². The standard InChI is InChI=1S/C11H16N2O/c1-11(2)7-14-10-4-3-8(6-12)5-9(10)13-11/h3-5,13H,6-7,12H2,1-2H3. The number of ether oxygens (including phenoxy) is 1. The first kappa shape index (κ1) is 9.34. The van der Waals surface area contributed by atoms with E-state index in [2.05, 4.69) is 25.2 Å². The Morgan fingerprint density at radius 1 is 1.50 bits per heavy atom. The van der Waals surface area contributed by atoms with Crippen molar-refractivity contribution in [2.75, 3.05) is 11.9 Å². The van der Waals surface area contributed by atoms with Crippen molar-refractivity contribution < 1.29 is 4.74 Å². The fraction of sp³-hybridized carbons (Fsp3) is 0.455. The molecule has 76 valence electrons. The van der Waals surface area contributed by atoms with Crippen molar-refractivity contribution in [2.24, 2.45) is 5.73 Å². The quantitative estimate of drug-likeness (QED) is 0.712. The zero-order valence-corrected chi connectivity index (χ0v) is 8.63. The lowest BCUT2D eigenvalue weighted by Crippen LogP contribution is -2.40. The molecule has 0 aliphatic carbocycles. The van der Waals surface area contributed by atoms with Crippen LogP contribution in [0.5, 0.6) is 5.75 Å². The number of hydrogen-bond donors (Lipinski definition) is 2. The van der Waals surface area contributed by atoms with Gasteiger partial charge in [-0.25, -0.2) is 0 Å². The van der Waals surface area contributed by atoms with Crippen molar-refractivity contribution in [3.8, 4) is 5.75 Å². The summed E-state index contributed by atoms with van der Waals surface area (Å²) in [6.07, 6.45) is 0. The van der Waals surface area contributed by atoms with Gasteiger partial charge in [0.15, 0.2) is 0 Å². The van der Waals surface area contributed by atoms with Gasteiger partial charge < -0.3 is 15.8 Å². The summed E-state index contributed by atoms with van der Waals surface area (Å²) in [4.78, 5) is 0. The largest absolute Gasteiger partial charge is 0.489 e. The summed E-state index contributed by atoms with van der Waals surface area (Å²) in [5.74, 6) is 0.918. The molecule has 1 aliphatic heterocycles. The van der Waals surface area contributed by atoms with Crippen molar-refractivity contribution in [2.45, 2.75) is 25.9 Å². The minimum Gasteiger partial charge on any atom is -0.489 e. The van der Waals surface area contributed by atoms with E-state index in [1.807, 2.05) is 12.1 Å². The topological polar surface area (TPSA) is 47.3 Å². The first-order valence-electron chi connectivity index (χ1n) is 4.85. The number of rotatable bonds is 1. The van der Waals surface area contributed by atoms with Crippen molar-refractivity contribution in [3.63, 3.8) is 0 Å². The minimum absolute atomic E-state index is 0.000220. The van der Waals surface area contributed by atoms with Gasteiger partial charge in [-0.15, -0.1) is 0 Å². The summed E-state index contributed by atoms with van der Waals surface area (Å²) in [5, 5.41) is 3.43. The fourth-order valence-electron chi connectivity index (χ4n) is 1.59. The van der Waals surface area contributed by atoms with E-state index in [0.717, 1.165) is 17.0 Å². The third kappa shape index (κ3) is 1.68. The van der Waals surface area contributed by atoms with E-state index in [4.69, 9.17) is 10.5 Å². The highest BCUT2D eigenvalue weighted by molar-refractivity contribution is 5.60. The summed E-state index contributed by atoms with van der Waals surface area (Å²) in [6, 6.07) is 6.02. The Kier molecular flexibility index (Phi) is 2.11. The van der Waals surface area contributed by atoms with Crippen LogP contribution in [0, 0.1) is 0 Å². The third-order valence-electron chi connectivity index (χ3n) is 2.34. The number of fused-ring (bicyclic) bond motifs is 1. The van der Waals surface area contributed by atoms with Crippen LogP contribution < -0.4 is 15.8 Å². The van der Waals surface area contributed by atoms with Crippen LogP contribution in [0.2, 0.25) is 0 Å². The number of nitrogens with two attached hydrogens (primary N) is 1. The van der Waals surface area contributed by atoms with Crippen LogP contribution >= 0.6 is 0 Å². The maximum Gasteiger partial charge on any atom is 0.142 e. The minimum atomic E-state index is 0.000220. The zero-order chi connectivity index (χ0) is 10.2. The van der Waals surface area contributed by atoms with E-state index >= 15 is 0 Å². The maximum atomic E-state index is 5.63. The van der Waals surface area contributed by atoms with Gasteiger partial charge in [0, 0.05) is 6.54 Å². The molecule has 3 nitrogen and oxygen atoms in total. The lowest BCUT2D eigenvalue weighted by molar-refractivity contribution is 0.242. The van der Waals surface area contributed by atoms with E-state index in [1.54, 1.807) is 0 Å². The molecule has 1 aromatic rings. The molecule has 1 aliphatic rings. The monoisotopic (exact) mass is 192 g/mol. The van der Waals surface area contributed by atoms with Crippen LogP contribution in [0.15, 0.2) is 18.2 Å². The van der Waals surface area contributed by atoms with Crippen molar-refractivity contribution >= 4 is 5.69 Å². The van der Waals surface area contributed by atoms with Gasteiger partial charge in [-0.3, -0.25) is 0 Å². The van der Waals surface area contributed by atoms with Gasteiger partial charge in [0.2, 0.25) is 0 Å². The Bertz CT molecular complexity index is 347. The van der Waals surface area contributed by atoms with Gasteiger partial charge in [0.25, 0.3) is 0 Å². The highest BCUT2D eigenvalue weighted by Gasteiger charge is 2.25. The number of nitrogens with one attached hydrogen (secondary N) is 1. The summed E-state index contributed by atoms with van der Waals surface area (Å²) in [5.41, 5.74) is 7.75. The van der Waals surface area contributed by atoms with Crippen molar-refractivity contribution in [1.29, 1.82) is 0 Å². The summed E-state index contributed by atoms with van der Waals surface area (Å²) in [6.45, 7) is 5.49. The van der Waals surface area contributed by atoms with E-state index in [-0.39, 0.29) is 5.54 Å². The summed E-state index contributed by atoms with van der Waals surface area (Å²) < 4.78 is 5.63. The van der Waals surface area contributed by atoms with Gasteiger partial charge >= 0.3 is 0 Å². The van der Waals surface area contributed by atoms with Gasteiger partial charge in [-0.2, -0.15) is 0 Å². The van der Waals surface area contributed by atoms with E-state index in [9.17, 15) is 0 Å². The summed E-state index contributed by atoms with van der Waals surface area (Å²) in [7, 11) is 0. The van der Waals surface area contributed by atoms with E-state index in [1.165, 1.54) is 0 Å². The van der Waals surface area contributed by atoms with Crippen molar-refractivity contribution in [1.82, 2.24) is 0 Å². The van der Waals surface area contributed by atoms with Crippen LogP contribution in [0.1, 0.15) is 19.4 Å². The molecule has 14 heavy (non-hydrogen) atoms. The summed E-state index contributed by atoms with van der Waals surface area (Å²) >= 11 is 0. The molecular weight excluding hydrogens is 176 g/mol. The first-order chi connectivity index (χ1) is 6.61. The molecule has 2 rings (SSSR count). The van der Waals surface area contributed by atoms with Crippen LogP contribution in [-0.2, 0) is 6.54 Å². The Morgan fingerprint density at radius 2 is 2.29 bits per heavy atom. The van der Waals surface area contributed by atoms with Crippen LogP contribution in [0.25, 0.3) is 0 Å². The molecule has 1 aromatic carbocycles. The number of anilines is 1. The average molecular weight is 192 g/mol. The molecule has 0 saturated heterocycles. The molecule has 0 bridgehead atoms. The first-order valence-corrected chi connectivity index (χ1v) is 4.85. The Labute approximate surface area is 84.3 Å². The smallest absolute Gasteiger partial charge is 0.142 e. The average Bonchev–Trinajstić information content (AvgIpc) is 2.15. The molecule has 0 unspecified atom stereocenters. The maximum absolute atomic E-state index is 5.63. The zero-order valence-electron chi connectivity index (χ0n) is 8.63. The third-order valence-corrected chi connectivity index (χ3v) is 2.34. The SMILES string of the molecule is CC1(C)COc2ccc(CN)cc2N1. The molecule has 0 radical (unpaired) electrons. The highest BCUT2D eigenvalue weighted by atomic mass is 16.5. The second-order valence-electron chi connectivity index (χ2n) is 4.33. The predicted molar refractivity (Wildman–Crippen MR) is 57.5 cm³/mol. The molecule has 0 atom stereocenters. The Hall–Kier alpha value is -1.22. The lowest BCUT2D eigenvalue weighted by atomic mass is 10.0. The molecule has 0 aromatic heterocycles. The van der Waals surface area contributed by atoms with Crippen molar-refractivity contribution in [3.05, 3.63) is 23.8 Å². The van der Waals surface area contributed by atoms with Crippen LogP contribution in [-0.4, -0.2) is 12.1 Å². The molecule has 0 fully saturated rings. The Balaban J connectivity index is 2.34. The predicted octanol–water partition coefficient (Wildman–Crippen LogP) is 1.73. The molecule has 0 amide bonds. The molecular formula is C11H16N2O. The van der Waals surface area contributed by atoms with E-state index in [0.29, 0.717) is 13.2 Å².